The van der Waals surface area contributed by atoms with Gasteiger partial charge in [0.1, 0.15) is 0 Å². The van der Waals surface area contributed by atoms with Crippen LogP contribution in [0.3, 0.4) is 0 Å². The molecule has 1 N–H and O–H groups in total. The van der Waals surface area contributed by atoms with Crippen molar-refractivity contribution in [2.45, 2.75) is 25.8 Å². The molecule has 1 atom stereocenters. The third kappa shape index (κ3) is 3.02. The maximum atomic E-state index is 4.58. The van der Waals surface area contributed by atoms with Crippen molar-refractivity contribution in [3.05, 3.63) is 47.0 Å². The Labute approximate surface area is 124 Å². The van der Waals surface area contributed by atoms with Crippen LogP contribution in [0.4, 0.5) is 5.13 Å². The van der Waals surface area contributed by atoms with E-state index in [1.165, 1.54) is 22.0 Å². The molecule has 2 heterocycles. The van der Waals surface area contributed by atoms with Gasteiger partial charge < -0.3 is 10.2 Å². The molecule has 1 aromatic heterocycles. The summed E-state index contributed by atoms with van der Waals surface area (Å²) < 4.78 is 0. The first-order valence-corrected chi connectivity index (χ1v) is 8.13. The SMILES string of the molecule is CCNCc1cnc(N2CCC(c3ccccc3)C2)s1. The first-order chi connectivity index (χ1) is 9.86. The van der Waals surface area contributed by atoms with E-state index in [2.05, 4.69) is 52.5 Å². The molecule has 0 bridgehead atoms. The molecule has 106 valence electrons. The standard InChI is InChI=1S/C16H21N3S/c1-2-17-10-15-11-18-16(20-15)19-9-8-14(12-19)13-6-4-3-5-7-13/h3-7,11,14,17H,2,8-10,12H2,1H3. The van der Waals surface area contributed by atoms with Gasteiger partial charge in [-0.3, -0.25) is 0 Å². The van der Waals surface area contributed by atoms with Crippen molar-refractivity contribution in [1.82, 2.24) is 10.3 Å². The van der Waals surface area contributed by atoms with E-state index in [9.17, 15) is 0 Å². The molecule has 0 radical (unpaired) electrons. The fourth-order valence-electron chi connectivity index (χ4n) is 2.70. The minimum atomic E-state index is 0.650. The average molecular weight is 287 g/mol. The van der Waals surface area contributed by atoms with E-state index in [-0.39, 0.29) is 0 Å². The van der Waals surface area contributed by atoms with Crippen LogP contribution in [0.15, 0.2) is 36.5 Å². The Morgan fingerprint density at radius 1 is 1.35 bits per heavy atom. The highest BCUT2D eigenvalue weighted by molar-refractivity contribution is 7.15. The molecule has 1 aliphatic rings. The van der Waals surface area contributed by atoms with E-state index in [1.54, 1.807) is 0 Å². The van der Waals surface area contributed by atoms with Crippen LogP contribution in [0, 0.1) is 0 Å². The molecule has 0 saturated carbocycles. The lowest BCUT2D eigenvalue weighted by Gasteiger charge is -2.15. The van der Waals surface area contributed by atoms with Crippen LogP contribution in [-0.4, -0.2) is 24.6 Å². The van der Waals surface area contributed by atoms with Crippen molar-refractivity contribution in [2.75, 3.05) is 24.5 Å². The third-order valence-electron chi connectivity index (χ3n) is 3.82. The van der Waals surface area contributed by atoms with Gasteiger partial charge in [-0.2, -0.15) is 0 Å². The molecule has 4 heteroatoms. The summed E-state index contributed by atoms with van der Waals surface area (Å²) >= 11 is 1.82. The van der Waals surface area contributed by atoms with Crippen LogP contribution < -0.4 is 10.2 Å². The number of anilines is 1. The smallest absolute Gasteiger partial charge is 0.185 e. The molecule has 1 unspecified atom stereocenters. The second-order valence-corrected chi connectivity index (χ2v) is 6.33. The van der Waals surface area contributed by atoms with Gasteiger partial charge >= 0.3 is 0 Å². The van der Waals surface area contributed by atoms with Crippen LogP contribution >= 0.6 is 11.3 Å². The minimum Gasteiger partial charge on any atom is -0.347 e. The van der Waals surface area contributed by atoms with Gasteiger partial charge in [0.05, 0.1) is 0 Å². The molecule has 1 aromatic carbocycles. The monoisotopic (exact) mass is 287 g/mol. The number of rotatable bonds is 5. The summed E-state index contributed by atoms with van der Waals surface area (Å²) in [5, 5.41) is 4.53. The van der Waals surface area contributed by atoms with Crippen molar-refractivity contribution >= 4 is 16.5 Å². The number of nitrogens with one attached hydrogen (secondary N) is 1. The largest absolute Gasteiger partial charge is 0.347 e. The maximum absolute atomic E-state index is 4.58. The first kappa shape index (κ1) is 13.6. The summed E-state index contributed by atoms with van der Waals surface area (Å²) in [5.41, 5.74) is 1.46. The molecule has 20 heavy (non-hydrogen) atoms. The Balaban J connectivity index is 1.63. The number of aromatic nitrogens is 1. The molecule has 0 aliphatic carbocycles. The molecule has 1 saturated heterocycles. The highest BCUT2D eigenvalue weighted by atomic mass is 32.1. The highest BCUT2D eigenvalue weighted by Crippen LogP contribution is 2.32. The third-order valence-corrected chi connectivity index (χ3v) is 4.88. The zero-order valence-electron chi connectivity index (χ0n) is 11.9. The van der Waals surface area contributed by atoms with Crippen molar-refractivity contribution < 1.29 is 0 Å². The van der Waals surface area contributed by atoms with Crippen molar-refractivity contribution in [2.24, 2.45) is 0 Å². The van der Waals surface area contributed by atoms with Gasteiger partial charge in [0.25, 0.3) is 0 Å². The fraction of sp³-hybridized carbons (Fsp3) is 0.438. The Morgan fingerprint density at radius 2 is 2.20 bits per heavy atom. The normalized spacial score (nSPS) is 18.6. The summed E-state index contributed by atoms with van der Waals surface area (Å²) in [7, 11) is 0. The van der Waals surface area contributed by atoms with Gasteiger partial charge in [0, 0.05) is 36.6 Å². The van der Waals surface area contributed by atoms with Gasteiger partial charge in [0.2, 0.25) is 0 Å². The minimum absolute atomic E-state index is 0.650. The Hall–Kier alpha value is -1.39. The molecule has 1 fully saturated rings. The van der Waals surface area contributed by atoms with Crippen molar-refractivity contribution in [1.29, 1.82) is 0 Å². The van der Waals surface area contributed by atoms with Crippen LogP contribution in [0.5, 0.6) is 0 Å². The predicted octanol–water partition coefficient (Wildman–Crippen LogP) is 3.25. The number of hydrogen-bond acceptors (Lipinski definition) is 4. The number of hydrogen-bond donors (Lipinski definition) is 1. The quantitative estimate of drug-likeness (QED) is 0.915. The summed E-state index contributed by atoms with van der Waals surface area (Å²) in [6, 6.07) is 10.8. The Bertz CT molecular complexity index is 538. The van der Waals surface area contributed by atoms with Gasteiger partial charge in [-0.15, -0.1) is 11.3 Å². The second-order valence-electron chi connectivity index (χ2n) is 5.23. The maximum Gasteiger partial charge on any atom is 0.185 e. The summed E-state index contributed by atoms with van der Waals surface area (Å²) in [6.45, 7) is 6.29. The fourth-order valence-corrected chi connectivity index (χ4v) is 3.62. The molecule has 3 rings (SSSR count). The molecular formula is C16H21N3S. The summed E-state index contributed by atoms with van der Waals surface area (Å²) in [5.74, 6) is 0.650. The average Bonchev–Trinajstić information content (AvgIpc) is 3.15. The van der Waals surface area contributed by atoms with E-state index in [0.717, 1.165) is 26.2 Å². The Morgan fingerprint density at radius 3 is 3.00 bits per heavy atom. The Kier molecular flexibility index (Phi) is 4.33. The topological polar surface area (TPSA) is 28.2 Å². The summed E-state index contributed by atoms with van der Waals surface area (Å²) in [4.78, 5) is 8.34. The lowest BCUT2D eigenvalue weighted by atomic mass is 9.99. The summed E-state index contributed by atoms with van der Waals surface area (Å²) in [6.07, 6.45) is 3.24. The van der Waals surface area contributed by atoms with Crippen molar-refractivity contribution in [3.63, 3.8) is 0 Å². The van der Waals surface area contributed by atoms with Crippen LogP contribution in [0.25, 0.3) is 0 Å². The van der Waals surface area contributed by atoms with E-state index >= 15 is 0 Å². The van der Waals surface area contributed by atoms with E-state index in [4.69, 9.17) is 0 Å². The van der Waals surface area contributed by atoms with E-state index in [1.807, 2.05) is 17.5 Å². The second kappa shape index (κ2) is 6.37. The molecule has 0 spiro atoms. The van der Waals surface area contributed by atoms with Gasteiger partial charge in [-0.25, -0.2) is 4.98 Å². The molecule has 3 nitrogen and oxygen atoms in total. The number of benzene rings is 1. The van der Waals surface area contributed by atoms with Gasteiger partial charge in [0.15, 0.2) is 5.13 Å². The first-order valence-electron chi connectivity index (χ1n) is 7.32. The molecule has 0 amide bonds. The number of thiazole rings is 1. The predicted molar refractivity (Wildman–Crippen MR) is 85.5 cm³/mol. The highest BCUT2D eigenvalue weighted by Gasteiger charge is 2.25. The van der Waals surface area contributed by atoms with Crippen LogP contribution in [0.2, 0.25) is 0 Å². The zero-order chi connectivity index (χ0) is 13.8. The lowest BCUT2D eigenvalue weighted by molar-refractivity contribution is 0.734. The van der Waals surface area contributed by atoms with Crippen molar-refractivity contribution in [3.8, 4) is 0 Å². The molecule has 2 aromatic rings. The zero-order valence-corrected chi connectivity index (χ0v) is 12.7. The van der Waals surface area contributed by atoms with Crippen LogP contribution in [-0.2, 0) is 6.54 Å². The lowest BCUT2D eigenvalue weighted by Crippen LogP contribution is -2.18. The molecule has 1 aliphatic heterocycles. The van der Waals surface area contributed by atoms with E-state index in [0.29, 0.717) is 5.92 Å². The van der Waals surface area contributed by atoms with Crippen LogP contribution in [0.1, 0.15) is 29.7 Å². The van der Waals surface area contributed by atoms with E-state index < -0.39 is 0 Å². The number of nitrogens with zero attached hydrogens (tertiary/aromatic N) is 2. The molecular weight excluding hydrogens is 266 g/mol. The van der Waals surface area contributed by atoms with Gasteiger partial charge in [-0.1, -0.05) is 37.3 Å². The van der Waals surface area contributed by atoms with Gasteiger partial charge in [-0.05, 0) is 18.5 Å².